The average molecular weight is 269 g/mol. The molecule has 1 atom stereocenters. The highest BCUT2D eigenvalue weighted by Gasteiger charge is 2.21. The van der Waals surface area contributed by atoms with Crippen molar-refractivity contribution in [1.82, 2.24) is 15.1 Å². The number of nitrogens with zero attached hydrogens (tertiary/aromatic N) is 2. The van der Waals surface area contributed by atoms with Gasteiger partial charge < -0.3 is 14.8 Å². The molecule has 0 fully saturated rings. The van der Waals surface area contributed by atoms with E-state index in [4.69, 9.17) is 4.74 Å². The molecule has 0 bridgehead atoms. The van der Waals surface area contributed by atoms with E-state index in [2.05, 4.69) is 15.2 Å². The molecule has 1 unspecified atom stereocenters. The minimum Gasteiger partial charge on any atom is -0.488 e. The summed E-state index contributed by atoms with van der Waals surface area (Å²) < 4.78 is 11.8. The summed E-state index contributed by atoms with van der Waals surface area (Å²) in [5.41, 5.74) is 0. The lowest BCUT2D eigenvalue weighted by molar-refractivity contribution is -0.145. The Hall–Kier alpha value is -2.05. The van der Waals surface area contributed by atoms with Crippen LogP contribution in [-0.4, -0.2) is 41.4 Å². The SMILES string of the molecule is COC(=O)C(COc1cnn(C(C)C)c1)NC(C)=O. The Labute approximate surface area is 111 Å². The van der Waals surface area contributed by atoms with Crippen molar-refractivity contribution in [2.24, 2.45) is 0 Å². The highest BCUT2D eigenvalue weighted by Crippen LogP contribution is 2.12. The number of nitrogens with one attached hydrogen (secondary N) is 1. The van der Waals surface area contributed by atoms with E-state index in [-0.39, 0.29) is 18.6 Å². The summed E-state index contributed by atoms with van der Waals surface area (Å²) in [6.07, 6.45) is 3.29. The Morgan fingerprint density at radius 1 is 1.47 bits per heavy atom. The van der Waals surface area contributed by atoms with Gasteiger partial charge in [-0.05, 0) is 13.8 Å². The summed E-state index contributed by atoms with van der Waals surface area (Å²) in [7, 11) is 1.26. The number of amides is 1. The van der Waals surface area contributed by atoms with Crippen LogP contribution in [0, 0.1) is 0 Å². The van der Waals surface area contributed by atoms with Gasteiger partial charge in [-0.2, -0.15) is 5.10 Å². The van der Waals surface area contributed by atoms with Gasteiger partial charge in [0.2, 0.25) is 5.91 Å². The van der Waals surface area contributed by atoms with Crippen LogP contribution in [0.3, 0.4) is 0 Å². The van der Waals surface area contributed by atoms with Gasteiger partial charge in [0.05, 0.1) is 19.5 Å². The van der Waals surface area contributed by atoms with E-state index in [9.17, 15) is 9.59 Å². The largest absolute Gasteiger partial charge is 0.488 e. The van der Waals surface area contributed by atoms with Crippen molar-refractivity contribution < 1.29 is 19.1 Å². The molecule has 1 aromatic heterocycles. The maximum absolute atomic E-state index is 11.4. The maximum atomic E-state index is 11.4. The number of rotatable bonds is 6. The molecule has 0 aliphatic rings. The summed E-state index contributed by atoms with van der Waals surface area (Å²) in [6.45, 7) is 5.31. The van der Waals surface area contributed by atoms with Gasteiger partial charge in [-0.15, -0.1) is 0 Å². The minimum atomic E-state index is -0.829. The van der Waals surface area contributed by atoms with E-state index in [0.717, 1.165) is 0 Å². The molecule has 0 saturated carbocycles. The van der Waals surface area contributed by atoms with Crippen molar-refractivity contribution in [1.29, 1.82) is 0 Å². The number of carbonyl (C=O) groups is 2. The summed E-state index contributed by atoms with van der Waals surface area (Å²) in [5.74, 6) is -0.337. The fraction of sp³-hybridized carbons (Fsp3) is 0.583. The first kappa shape index (κ1) is 15.0. The van der Waals surface area contributed by atoms with Crippen LogP contribution in [0.5, 0.6) is 5.75 Å². The van der Waals surface area contributed by atoms with Gasteiger partial charge in [0.15, 0.2) is 11.8 Å². The maximum Gasteiger partial charge on any atom is 0.331 e. The fourth-order valence-corrected chi connectivity index (χ4v) is 1.41. The molecule has 0 radical (unpaired) electrons. The predicted molar refractivity (Wildman–Crippen MR) is 67.7 cm³/mol. The lowest BCUT2D eigenvalue weighted by Crippen LogP contribution is -2.44. The van der Waals surface area contributed by atoms with Crippen LogP contribution < -0.4 is 10.1 Å². The summed E-state index contributed by atoms with van der Waals surface area (Å²) in [6, 6.07) is -0.603. The molecule has 1 heterocycles. The standard InChI is InChI=1S/C12H19N3O4/c1-8(2)15-6-10(5-13-15)19-7-11(12(17)18-4)14-9(3)16/h5-6,8,11H,7H2,1-4H3,(H,14,16). The summed E-state index contributed by atoms with van der Waals surface area (Å²) >= 11 is 0. The van der Waals surface area contributed by atoms with Gasteiger partial charge in [0.25, 0.3) is 0 Å². The highest BCUT2D eigenvalue weighted by atomic mass is 16.5. The Kier molecular flexibility index (Phi) is 5.35. The smallest absolute Gasteiger partial charge is 0.331 e. The molecule has 1 rings (SSSR count). The zero-order chi connectivity index (χ0) is 14.4. The molecule has 1 amide bonds. The second kappa shape index (κ2) is 6.77. The zero-order valence-electron chi connectivity index (χ0n) is 11.5. The number of carbonyl (C=O) groups excluding carboxylic acids is 2. The van der Waals surface area contributed by atoms with Gasteiger partial charge in [-0.25, -0.2) is 4.79 Å². The molecular weight excluding hydrogens is 250 g/mol. The molecule has 106 valence electrons. The quantitative estimate of drug-likeness (QED) is 0.761. The van der Waals surface area contributed by atoms with E-state index in [1.165, 1.54) is 14.0 Å². The van der Waals surface area contributed by atoms with E-state index in [1.807, 2.05) is 13.8 Å². The van der Waals surface area contributed by atoms with Gasteiger partial charge in [0, 0.05) is 13.0 Å². The minimum absolute atomic E-state index is 0.00393. The lowest BCUT2D eigenvalue weighted by Gasteiger charge is -2.15. The summed E-state index contributed by atoms with van der Waals surface area (Å²) in [4.78, 5) is 22.4. The molecule has 7 heteroatoms. The Morgan fingerprint density at radius 2 is 2.16 bits per heavy atom. The van der Waals surface area contributed by atoms with Crippen molar-refractivity contribution in [3.8, 4) is 5.75 Å². The Balaban J connectivity index is 2.59. The average Bonchev–Trinajstić information content (AvgIpc) is 2.82. The van der Waals surface area contributed by atoms with Crippen molar-refractivity contribution >= 4 is 11.9 Å². The molecule has 0 spiro atoms. The predicted octanol–water partition coefficient (Wildman–Crippen LogP) is 0.520. The number of methoxy groups -OCH3 is 1. The number of aromatic nitrogens is 2. The molecule has 0 aliphatic heterocycles. The van der Waals surface area contributed by atoms with Crippen molar-refractivity contribution in [2.45, 2.75) is 32.9 Å². The van der Waals surface area contributed by atoms with Crippen molar-refractivity contribution in [2.75, 3.05) is 13.7 Å². The highest BCUT2D eigenvalue weighted by molar-refractivity contribution is 5.83. The van der Waals surface area contributed by atoms with Crippen LogP contribution in [0.25, 0.3) is 0 Å². The first-order chi connectivity index (χ1) is 8.93. The van der Waals surface area contributed by atoms with E-state index in [1.54, 1.807) is 17.1 Å². The summed E-state index contributed by atoms with van der Waals surface area (Å²) in [5, 5.41) is 6.57. The topological polar surface area (TPSA) is 82.4 Å². The van der Waals surface area contributed by atoms with E-state index in [0.29, 0.717) is 5.75 Å². The van der Waals surface area contributed by atoms with Crippen molar-refractivity contribution in [3.63, 3.8) is 0 Å². The second-order valence-corrected chi connectivity index (χ2v) is 4.34. The van der Waals surface area contributed by atoms with Crippen LogP contribution in [-0.2, 0) is 14.3 Å². The zero-order valence-corrected chi connectivity index (χ0v) is 11.5. The first-order valence-electron chi connectivity index (χ1n) is 5.96. The van der Waals surface area contributed by atoms with Crippen LogP contribution in [0.1, 0.15) is 26.8 Å². The Morgan fingerprint density at radius 3 is 2.63 bits per heavy atom. The molecule has 19 heavy (non-hydrogen) atoms. The van der Waals surface area contributed by atoms with Gasteiger partial charge >= 0.3 is 5.97 Å². The number of esters is 1. The van der Waals surface area contributed by atoms with Crippen LogP contribution in [0.4, 0.5) is 0 Å². The molecule has 1 N–H and O–H groups in total. The van der Waals surface area contributed by atoms with Gasteiger partial charge in [-0.3, -0.25) is 9.48 Å². The van der Waals surface area contributed by atoms with E-state index < -0.39 is 12.0 Å². The third kappa shape index (κ3) is 4.61. The van der Waals surface area contributed by atoms with Crippen LogP contribution in [0.15, 0.2) is 12.4 Å². The van der Waals surface area contributed by atoms with Crippen LogP contribution in [0.2, 0.25) is 0 Å². The normalized spacial score (nSPS) is 12.1. The lowest BCUT2D eigenvalue weighted by atomic mass is 10.3. The number of ether oxygens (including phenoxy) is 2. The van der Waals surface area contributed by atoms with Crippen LogP contribution >= 0.6 is 0 Å². The second-order valence-electron chi connectivity index (χ2n) is 4.34. The van der Waals surface area contributed by atoms with Gasteiger partial charge in [0.1, 0.15) is 6.61 Å². The fourth-order valence-electron chi connectivity index (χ4n) is 1.41. The molecule has 1 aromatic rings. The third-order valence-corrected chi connectivity index (χ3v) is 2.39. The number of hydrogen-bond donors (Lipinski definition) is 1. The van der Waals surface area contributed by atoms with E-state index >= 15 is 0 Å². The molecule has 0 aromatic carbocycles. The number of hydrogen-bond acceptors (Lipinski definition) is 5. The monoisotopic (exact) mass is 269 g/mol. The molecule has 0 aliphatic carbocycles. The van der Waals surface area contributed by atoms with Gasteiger partial charge in [-0.1, -0.05) is 0 Å². The third-order valence-electron chi connectivity index (χ3n) is 2.39. The molecule has 0 saturated heterocycles. The Bertz CT molecular complexity index is 442. The van der Waals surface area contributed by atoms with Crippen molar-refractivity contribution in [3.05, 3.63) is 12.4 Å². The molecular formula is C12H19N3O4. The first-order valence-corrected chi connectivity index (χ1v) is 5.96. The molecule has 7 nitrogen and oxygen atoms in total.